The third-order valence-corrected chi connectivity index (χ3v) is 2.59. The van der Waals surface area contributed by atoms with E-state index in [1.807, 2.05) is 18.2 Å². The number of para-hydroxylation sites is 1. The van der Waals surface area contributed by atoms with Crippen molar-refractivity contribution in [3.05, 3.63) is 23.8 Å². The normalized spacial score (nSPS) is 11.6. The van der Waals surface area contributed by atoms with Gasteiger partial charge in [-0.1, -0.05) is 12.1 Å². The first-order valence-corrected chi connectivity index (χ1v) is 5.39. The molecule has 3 N–H and O–H groups in total. The fraction of sp³-hybridized carbons (Fsp3) is 0.385. The van der Waals surface area contributed by atoms with Crippen LogP contribution < -0.4 is 20.7 Å². The fourth-order valence-corrected chi connectivity index (χ4v) is 1.74. The van der Waals surface area contributed by atoms with Crippen LogP contribution in [-0.2, 0) is 0 Å². The van der Waals surface area contributed by atoms with Gasteiger partial charge in [-0.25, -0.2) is 0 Å². The van der Waals surface area contributed by atoms with Gasteiger partial charge in [-0.15, -0.1) is 12.3 Å². The maximum Gasteiger partial charge on any atom is 0.165 e. The van der Waals surface area contributed by atoms with Gasteiger partial charge in [0.2, 0.25) is 0 Å². The third-order valence-electron chi connectivity index (χ3n) is 2.59. The molecule has 0 spiro atoms. The highest BCUT2D eigenvalue weighted by Gasteiger charge is 2.17. The Kier molecular flexibility index (Phi) is 5.34. The predicted molar refractivity (Wildman–Crippen MR) is 67.7 cm³/mol. The largest absolute Gasteiger partial charge is 0.493 e. The van der Waals surface area contributed by atoms with Crippen molar-refractivity contribution >= 4 is 0 Å². The molecule has 0 aliphatic heterocycles. The average molecular weight is 234 g/mol. The Bertz CT molecular complexity index is 399. The summed E-state index contributed by atoms with van der Waals surface area (Å²) in [6.07, 6.45) is 6.66. The summed E-state index contributed by atoms with van der Waals surface area (Å²) in [5, 5.41) is 0. The van der Waals surface area contributed by atoms with E-state index in [0.717, 1.165) is 12.0 Å². The maximum atomic E-state index is 5.55. The van der Waals surface area contributed by atoms with Gasteiger partial charge in [0.25, 0.3) is 0 Å². The molecule has 0 saturated carbocycles. The molecule has 1 unspecified atom stereocenters. The molecule has 17 heavy (non-hydrogen) atoms. The lowest BCUT2D eigenvalue weighted by atomic mass is 10.0. The molecule has 0 aliphatic rings. The molecule has 0 heterocycles. The molecule has 0 fully saturated rings. The van der Waals surface area contributed by atoms with E-state index in [1.54, 1.807) is 14.2 Å². The molecule has 92 valence electrons. The lowest BCUT2D eigenvalue weighted by Gasteiger charge is -2.19. The molecular formula is C13H18N2O2. The summed E-state index contributed by atoms with van der Waals surface area (Å²) in [7, 11) is 3.21. The number of hydrazine groups is 1. The second kappa shape index (κ2) is 6.79. The van der Waals surface area contributed by atoms with E-state index in [-0.39, 0.29) is 6.04 Å². The molecule has 0 radical (unpaired) electrons. The minimum Gasteiger partial charge on any atom is -0.493 e. The highest BCUT2D eigenvalue weighted by Crippen LogP contribution is 2.35. The highest BCUT2D eigenvalue weighted by atomic mass is 16.5. The standard InChI is InChI=1S/C13H18N2O2/c1-4-5-8-11(15-14)10-7-6-9-12(16-2)13(10)17-3/h1,6-7,9,11,15H,5,8,14H2,2-3H3. The molecule has 4 heteroatoms. The summed E-state index contributed by atoms with van der Waals surface area (Å²) >= 11 is 0. The van der Waals surface area contributed by atoms with Gasteiger partial charge in [-0.05, 0) is 12.5 Å². The maximum absolute atomic E-state index is 5.55. The quantitative estimate of drug-likeness (QED) is 0.446. The van der Waals surface area contributed by atoms with Crippen LogP contribution in [0.2, 0.25) is 0 Å². The van der Waals surface area contributed by atoms with E-state index in [2.05, 4.69) is 11.3 Å². The van der Waals surface area contributed by atoms with Gasteiger partial charge in [0.15, 0.2) is 11.5 Å². The molecule has 1 rings (SSSR count). The van der Waals surface area contributed by atoms with Crippen LogP contribution in [0, 0.1) is 12.3 Å². The van der Waals surface area contributed by atoms with Gasteiger partial charge >= 0.3 is 0 Å². The molecule has 0 aromatic heterocycles. The number of ether oxygens (including phenoxy) is 2. The van der Waals surface area contributed by atoms with E-state index < -0.39 is 0 Å². The predicted octanol–water partition coefficient (Wildman–Crippen LogP) is 1.62. The highest BCUT2D eigenvalue weighted by molar-refractivity contribution is 5.48. The van der Waals surface area contributed by atoms with Crippen molar-refractivity contribution in [3.63, 3.8) is 0 Å². The molecule has 1 aromatic rings. The minimum atomic E-state index is -0.0453. The first-order chi connectivity index (χ1) is 8.28. The van der Waals surface area contributed by atoms with Crippen LogP contribution in [0.5, 0.6) is 11.5 Å². The number of nitrogens with two attached hydrogens (primary N) is 1. The lowest BCUT2D eigenvalue weighted by Crippen LogP contribution is -2.28. The van der Waals surface area contributed by atoms with Gasteiger partial charge in [0.1, 0.15) is 0 Å². The van der Waals surface area contributed by atoms with Crippen molar-refractivity contribution in [1.29, 1.82) is 0 Å². The molecule has 0 saturated heterocycles. The smallest absolute Gasteiger partial charge is 0.165 e. The zero-order valence-corrected chi connectivity index (χ0v) is 10.2. The molecule has 0 aliphatic carbocycles. The van der Waals surface area contributed by atoms with Crippen LogP contribution in [0.4, 0.5) is 0 Å². The van der Waals surface area contributed by atoms with Crippen LogP contribution >= 0.6 is 0 Å². The Hall–Kier alpha value is -1.70. The van der Waals surface area contributed by atoms with Crippen LogP contribution in [0.15, 0.2) is 18.2 Å². The summed E-state index contributed by atoms with van der Waals surface area (Å²) < 4.78 is 10.6. The first kappa shape index (κ1) is 13.4. The van der Waals surface area contributed by atoms with Gasteiger partial charge < -0.3 is 9.47 Å². The number of rotatable bonds is 6. The zero-order valence-electron chi connectivity index (χ0n) is 10.2. The Labute approximate surface area is 102 Å². The van der Waals surface area contributed by atoms with Crippen LogP contribution in [0.1, 0.15) is 24.4 Å². The number of nitrogens with one attached hydrogen (secondary N) is 1. The SMILES string of the molecule is C#CCCC(NN)c1cccc(OC)c1OC. The minimum absolute atomic E-state index is 0.0453. The number of methoxy groups -OCH3 is 2. The van der Waals surface area contributed by atoms with Crippen LogP contribution in [0.3, 0.4) is 0 Å². The first-order valence-electron chi connectivity index (χ1n) is 5.39. The van der Waals surface area contributed by atoms with Gasteiger partial charge in [0.05, 0.1) is 20.3 Å². The average Bonchev–Trinajstić information content (AvgIpc) is 2.39. The Balaban J connectivity index is 3.05. The molecule has 0 bridgehead atoms. The van der Waals surface area contributed by atoms with Gasteiger partial charge in [0, 0.05) is 12.0 Å². The van der Waals surface area contributed by atoms with Crippen molar-refractivity contribution < 1.29 is 9.47 Å². The van der Waals surface area contributed by atoms with E-state index in [9.17, 15) is 0 Å². The van der Waals surface area contributed by atoms with E-state index in [4.69, 9.17) is 21.7 Å². The molecule has 1 atom stereocenters. The van der Waals surface area contributed by atoms with E-state index >= 15 is 0 Å². The Morgan fingerprint density at radius 1 is 1.41 bits per heavy atom. The number of terminal acetylenes is 1. The van der Waals surface area contributed by atoms with Crippen molar-refractivity contribution in [2.75, 3.05) is 14.2 Å². The topological polar surface area (TPSA) is 56.5 Å². The lowest BCUT2D eigenvalue weighted by molar-refractivity contribution is 0.345. The number of hydrogen-bond donors (Lipinski definition) is 2. The summed E-state index contributed by atoms with van der Waals surface area (Å²) in [5.41, 5.74) is 3.70. The second-order valence-corrected chi connectivity index (χ2v) is 3.54. The zero-order chi connectivity index (χ0) is 12.7. The molecular weight excluding hydrogens is 216 g/mol. The van der Waals surface area contributed by atoms with E-state index in [1.165, 1.54) is 0 Å². The van der Waals surface area contributed by atoms with Gasteiger partial charge in [-0.3, -0.25) is 11.3 Å². The van der Waals surface area contributed by atoms with Crippen molar-refractivity contribution in [3.8, 4) is 23.8 Å². The van der Waals surface area contributed by atoms with Crippen molar-refractivity contribution in [2.24, 2.45) is 5.84 Å². The fourth-order valence-electron chi connectivity index (χ4n) is 1.74. The van der Waals surface area contributed by atoms with E-state index in [0.29, 0.717) is 17.9 Å². The molecule has 0 amide bonds. The molecule has 1 aromatic carbocycles. The van der Waals surface area contributed by atoms with Crippen LogP contribution in [-0.4, -0.2) is 14.2 Å². The Morgan fingerprint density at radius 2 is 2.18 bits per heavy atom. The number of hydrogen-bond acceptors (Lipinski definition) is 4. The summed E-state index contributed by atoms with van der Waals surface area (Å²) in [5.74, 6) is 9.52. The second-order valence-electron chi connectivity index (χ2n) is 3.54. The van der Waals surface area contributed by atoms with Crippen molar-refractivity contribution in [1.82, 2.24) is 5.43 Å². The summed E-state index contributed by atoms with van der Waals surface area (Å²) in [6.45, 7) is 0. The van der Waals surface area contributed by atoms with Gasteiger partial charge in [-0.2, -0.15) is 0 Å². The van der Waals surface area contributed by atoms with Crippen molar-refractivity contribution in [2.45, 2.75) is 18.9 Å². The Morgan fingerprint density at radius 3 is 2.71 bits per heavy atom. The third kappa shape index (κ3) is 3.13. The summed E-state index contributed by atoms with van der Waals surface area (Å²) in [4.78, 5) is 0. The number of benzene rings is 1. The summed E-state index contributed by atoms with van der Waals surface area (Å²) in [6, 6.07) is 5.65. The van der Waals surface area contributed by atoms with Crippen LogP contribution in [0.25, 0.3) is 0 Å². The molecule has 4 nitrogen and oxygen atoms in total. The monoisotopic (exact) mass is 234 g/mol.